The van der Waals surface area contributed by atoms with Gasteiger partial charge in [0.2, 0.25) is 0 Å². The van der Waals surface area contributed by atoms with E-state index in [0.29, 0.717) is 25.0 Å². The molecule has 3 aromatic carbocycles. The zero-order valence-electron chi connectivity index (χ0n) is 18.4. The number of halogens is 1. The average Bonchev–Trinajstić information content (AvgIpc) is 3.27. The van der Waals surface area contributed by atoms with Crippen molar-refractivity contribution in [3.05, 3.63) is 100 Å². The second kappa shape index (κ2) is 10.3. The first-order valence-electron chi connectivity index (χ1n) is 10.9. The van der Waals surface area contributed by atoms with E-state index in [2.05, 4.69) is 21.2 Å². The Morgan fingerprint density at radius 3 is 2.55 bits per heavy atom. The van der Waals surface area contributed by atoms with E-state index in [1.165, 1.54) is 0 Å². The minimum absolute atomic E-state index is 0.0725. The maximum atomic E-state index is 13.2. The van der Waals surface area contributed by atoms with Gasteiger partial charge in [-0.1, -0.05) is 70.5 Å². The summed E-state index contributed by atoms with van der Waals surface area (Å²) in [6.07, 6.45) is 0.476. The summed E-state index contributed by atoms with van der Waals surface area (Å²) in [6, 6.07) is 24.8. The topological polar surface area (TPSA) is 64.6 Å². The first-order chi connectivity index (χ1) is 16.1. The van der Waals surface area contributed by atoms with Gasteiger partial charge in [-0.25, -0.2) is 0 Å². The van der Waals surface area contributed by atoms with E-state index in [9.17, 15) is 9.59 Å². The van der Waals surface area contributed by atoms with Gasteiger partial charge in [-0.2, -0.15) is 0 Å². The maximum absolute atomic E-state index is 13.2. The van der Waals surface area contributed by atoms with Gasteiger partial charge < -0.3 is 14.8 Å². The van der Waals surface area contributed by atoms with Crippen molar-refractivity contribution < 1.29 is 19.1 Å². The lowest BCUT2D eigenvalue weighted by Crippen LogP contribution is -2.48. The second-order valence-electron chi connectivity index (χ2n) is 8.17. The molecule has 33 heavy (non-hydrogen) atoms. The van der Waals surface area contributed by atoms with E-state index in [0.717, 1.165) is 27.8 Å². The molecule has 4 rings (SSSR count). The van der Waals surface area contributed by atoms with Gasteiger partial charge in [0, 0.05) is 16.5 Å². The van der Waals surface area contributed by atoms with Crippen LogP contribution in [-0.4, -0.2) is 25.9 Å². The van der Waals surface area contributed by atoms with Gasteiger partial charge in [0.15, 0.2) is 5.78 Å². The number of ketones is 1. The summed E-state index contributed by atoms with van der Waals surface area (Å²) in [5.74, 6) is 0.699. The fourth-order valence-electron chi connectivity index (χ4n) is 4.88. The van der Waals surface area contributed by atoms with Gasteiger partial charge in [0.1, 0.15) is 11.9 Å². The largest absolute Gasteiger partial charge is 0.497 e. The molecular weight excluding hydrogens is 482 g/mol. The van der Waals surface area contributed by atoms with Gasteiger partial charge in [0.05, 0.1) is 12.6 Å². The lowest BCUT2D eigenvalue weighted by atomic mass is 9.71. The predicted octanol–water partition coefficient (Wildman–Crippen LogP) is 5.45. The standard InChI is InChI=1S/C27H26BrNO4/c1-32-24-12-10-20(11-13-24)26(33-18-30)27(21-8-5-9-23(28)16-21)22(14-15-29-27)17-25(31)19-6-3-2-4-7-19/h2-13,16,18,22,26,29H,14-15,17H2,1H3. The van der Waals surface area contributed by atoms with Crippen LogP contribution in [0.4, 0.5) is 0 Å². The van der Waals surface area contributed by atoms with Crippen LogP contribution in [0.5, 0.6) is 5.75 Å². The molecule has 1 fully saturated rings. The molecule has 5 nitrogen and oxygen atoms in total. The molecule has 170 valence electrons. The summed E-state index contributed by atoms with van der Waals surface area (Å²) >= 11 is 3.58. The SMILES string of the molecule is COc1ccc(C(OC=O)C2(c3cccc(Br)c3)NCCC2CC(=O)c2ccccc2)cc1. The van der Waals surface area contributed by atoms with Gasteiger partial charge in [0.25, 0.3) is 6.47 Å². The molecule has 0 bridgehead atoms. The molecule has 1 saturated heterocycles. The molecule has 0 radical (unpaired) electrons. The average molecular weight is 508 g/mol. The van der Waals surface area contributed by atoms with Crippen molar-refractivity contribution in [2.24, 2.45) is 5.92 Å². The number of benzene rings is 3. The highest BCUT2D eigenvalue weighted by Gasteiger charge is 2.52. The molecule has 3 aromatic rings. The highest BCUT2D eigenvalue weighted by molar-refractivity contribution is 9.10. The van der Waals surface area contributed by atoms with Crippen molar-refractivity contribution in [3.63, 3.8) is 0 Å². The van der Waals surface area contributed by atoms with E-state index in [4.69, 9.17) is 9.47 Å². The van der Waals surface area contributed by atoms with Crippen LogP contribution in [0, 0.1) is 5.92 Å². The fourth-order valence-corrected chi connectivity index (χ4v) is 5.28. The van der Waals surface area contributed by atoms with E-state index in [-0.39, 0.29) is 11.7 Å². The number of ether oxygens (including phenoxy) is 2. The molecule has 0 amide bonds. The summed E-state index contributed by atoms with van der Waals surface area (Å²) in [6.45, 7) is 1.19. The minimum Gasteiger partial charge on any atom is -0.497 e. The highest BCUT2D eigenvalue weighted by atomic mass is 79.9. The number of hydrogen-bond donors (Lipinski definition) is 1. The highest BCUT2D eigenvalue weighted by Crippen LogP contribution is 2.49. The second-order valence-corrected chi connectivity index (χ2v) is 9.09. The van der Waals surface area contributed by atoms with Gasteiger partial charge in [-0.05, 0) is 54.3 Å². The Morgan fingerprint density at radius 2 is 1.88 bits per heavy atom. The van der Waals surface area contributed by atoms with E-state index in [1.807, 2.05) is 78.9 Å². The molecule has 0 spiro atoms. The fraction of sp³-hybridized carbons (Fsp3) is 0.259. The Bertz CT molecular complexity index is 1100. The van der Waals surface area contributed by atoms with Crippen LogP contribution in [0.1, 0.15) is 40.4 Å². The Balaban J connectivity index is 1.81. The van der Waals surface area contributed by atoms with Crippen LogP contribution < -0.4 is 10.1 Å². The lowest BCUT2D eigenvalue weighted by Gasteiger charge is -2.42. The van der Waals surface area contributed by atoms with Crippen LogP contribution in [0.2, 0.25) is 0 Å². The number of carbonyl (C=O) groups is 2. The van der Waals surface area contributed by atoms with Crippen molar-refractivity contribution in [2.45, 2.75) is 24.5 Å². The molecule has 1 aliphatic rings. The van der Waals surface area contributed by atoms with Crippen molar-refractivity contribution in [3.8, 4) is 5.75 Å². The molecule has 3 unspecified atom stereocenters. The summed E-state index contributed by atoms with van der Waals surface area (Å²) in [4.78, 5) is 24.9. The number of rotatable bonds is 9. The van der Waals surface area contributed by atoms with Crippen LogP contribution in [-0.2, 0) is 15.1 Å². The number of methoxy groups -OCH3 is 1. The van der Waals surface area contributed by atoms with E-state index < -0.39 is 11.6 Å². The number of carbonyl (C=O) groups excluding carboxylic acids is 2. The van der Waals surface area contributed by atoms with E-state index in [1.54, 1.807) is 7.11 Å². The molecule has 6 heteroatoms. The Kier molecular flexibility index (Phi) is 7.26. The molecule has 1 aliphatic heterocycles. The normalized spacial score (nSPS) is 20.7. The molecular formula is C27H26BrNO4. The molecule has 0 saturated carbocycles. The third-order valence-electron chi connectivity index (χ3n) is 6.41. The van der Waals surface area contributed by atoms with Crippen molar-refractivity contribution in [1.29, 1.82) is 0 Å². The molecule has 1 N–H and O–H groups in total. The quantitative estimate of drug-likeness (QED) is 0.308. The Hall–Kier alpha value is -2.96. The number of hydrogen-bond acceptors (Lipinski definition) is 5. The predicted molar refractivity (Wildman–Crippen MR) is 130 cm³/mol. The van der Waals surface area contributed by atoms with Crippen molar-refractivity contribution in [1.82, 2.24) is 5.32 Å². The van der Waals surface area contributed by atoms with E-state index >= 15 is 0 Å². The first-order valence-corrected chi connectivity index (χ1v) is 11.7. The zero-order valence-corrected chi connectivity index (χ0v) is 20.0. The minimum atomic E-state index is -0.774. The first kappa shape index (κ1) is 23.2. The summed E-state index contributed by atoms with van der Waals surface area (Å²) in [5.41, 5.74) is 1.70. The molecule has 0 aromatic heterocycles. The third-order valence-corrected chi connectivity index (χ3v) is 6.90. The van der Waals surface area contributed by atoms with Gasteiger partial charge in [-0.3, -0.25) is 9.59 Å². The molecule has 3 atom stereocenters. The van der Waals surface area contributed by atoms with Gasteiger partial charge >= 0.3 is 0 Å². The summed E-state index contributed by atoms with van der Waals surface area (Å²) in [7, 11) is 1.61. The Labute approximate surface area is 202 Å². The maximum Gasteiger partial charge on any atom is 0.293 e. The lowest BCUT2D eigenvalue weighted by molar-refractivity contribution is -0.140. The smallest absolute Gasteiger partial charge is 0.293 e. The number of nitrogens with one attached hydrogen (secondary N) is 1. The monoisotopic (exact) mass is 507 g/mol. The van der Waals surface area contributed by atoms with Crippen molar-refractivity contribution >= 4 is 28.2 Å². The van der Waals surface area contributed by atoms with Crippen LogP contribution >= 0.6 is 15.9 Å². The molecule has 1 heterocycles. The summed E-state index contributed by atoms with van der Waals surface area (Å²) < 4.78 is 12.0. The third kappa shape index (κ3) is 4.72. The zero-order chi connectivity index (χ0) is 23.3. The summed E-state index contributed by atoms with van der Waals surface area (Å²) in [5, 5.41) is 3.64. The van der Waals surface area contributed by atoms with Crippen LogP contribution in [0.3, 0.4) is 0 Å². The van der Waals surface area contributed by atoms with Gasteiger partial charge in [-0.15, -0.1) is 0 Å². The number of Topliss-reactive ketones (excluding diaryl/α,β-unsaturated/α-hetero) is 1. The van der Waals surface area contributed by atoms with Crippen LogP contribution in [0.25, 0.3) is 0 Å². The van der Waals surface area contributed by atoms with Crippen LogP contribution in [0.15, 0.2) is 83.3 Å². The Morgan fingerprint density at radius 1 is 1.12 bits per heavy atom. The molecule has 0 aliphatic carbocycles. The van der Waals surface area contributed by atoms with Crippen molar-refractivity contribution in [2.75, 3.05) is 13.7 Å².